The van der Waals surface area contributed by atoms with Crippen molar-refractivity contribution in [1.82, 2.24) is 10.0 Å². The van der Waals surface area contributed by atoms with Gasteiger partial charge in [-0.15, -0.1) is 11.3 Å². The van der Waals surface area contributed by atoms with E-state index in [2.05, 4.69) is 17.0 Å². The summed E-state index contributed by atoms with van der Waals surface area (Å²) in [7, 11) is -2.33. The number of hydrogen-bond donors (Lipinski definition) is 3. The number of nitrogens with one attached hydrogen (secondary N) is 2. The predicted molar refractivity (Wildman–Crippen MR) is 86.0 cm³/mol. The van der Waals surface area contributed by atoms with E-state index in [1.54, 1.807) is 0 Å². The number of hydrogen-bond acceptors (Lipinski definition) is 5. The molecule has 0 radical (unpaired) electrons. The fourth-order valence-electron chi connectivity index (χ4n) is 2.62. The number of carbonyl (C=O) groups excluding carboxylic acids is 1. The van der Waals surface area contributed by atoms with Crippen LogP contribution in [0.1, 0.15) is 42.3 Å². The number of carboxylic acid groups (broad SMARTS) is 1. The van der Waals surface area contributed by atoms with E-state index in [0.717, 1.165) is 24.2 Å². The lowest BCUT2D eigenvalue weighted by Gasteiger charge is -2.36. The average Bonchev–Trinajstić information content (AvgIpc) is 3.00. The summed E-state index contributed by atoms with van der Waals surface area (Å²) in [5, 5.41) is 13.5. The summed E-state index contributed by atoms with van der Waals surface area (Å²) in [4.78, 5) is 24.2. The predicted octanol–water partition coefficient (Wildman–Crippen LogP) is 1.42. The molecule has 1 aliphatic carbocycles. The summed E-state index contributed by atoms with van der Waals surface area (Å²) in [6.07, 6.45) is 2.22. The van der Waals surface area contributed by atoms with Gasteiger partial charge in [-0.1, -0.05) is 6.92 Å². The van der Waals surface area contributed by atoms with Crippen molar-refractivity contribution in [2.45, 2.75) is 43.0 Å². The van der Waals surface area contributed by atoms with E-state index in [0.29, 0.717) is 18.8 Å². The SMILES string of the molecule is CNS(=O)(=O)c1csc(C(=O)NC2(C(=O)O)CCC(C)CC2)c1. The molecular weight excluding hydrogens is 340 g/mol. The molecule has 0 spiro atoms. The maximum absolute atomic E-state index is 12.4. The number of sulfonamides is 1. The summed E-state index contributed by atoms with van der Waals surface area (Å²) in [5.41, 5.74) is -1.27. The first-order valence-corrected chi connectivity index (χ1v) is 9.64. The molecule has 1 amide bonds. The molecule has 0 unspecified atom stereocenters. The van der Waals surface area contributed by atoms with E-state index in [1.165, 1.54) is 18.5 Å². The highest BCUT2D eigenvalue weighted by molar-refractivity contribution is 7.89. The first-order chi connectivity index (χ1) is 10.7. The number of thiophene rings is 1. The molecule has 1 saturated carbocycles. The van der Waals surface area contributed by atoms with Gasteiger partial charge in [-0.2, -0.15) is 0 Å². The normalized spacial score (nSPS) is 25.0. The van der Waals surface area contributed by atoms with E-state index < -0.39 is 27.4 Å². The van der Waals surface area contributed by atoms with Gasteiger partial charge in [0.05, 0.1) is 9.77 Å². The van der Waals surface area contributed by atoms with Gasteiger partial charge in [-0.3, -0.25) is 4.79 Å². The van der Waals surface area contributed by atoms with Crippen LogP contribution in [0, 0.1) is 5.92 Å². The highest BCUT2D eigenvalue weighted by Gasteiger charge is 2.42. The van der Waals surface area contributed by atoms with Gasteiger partial charge in [-0.25, -0.2) is 17.9 Å². The minimum absolute atomic E-state index is 0.00297. The van der Waals surface area contributed by atoms with Crippen LogP contribution in [0.5, 0.6) is 0 Å². The highest BCUT2D eigenvalue weighted by Crippen LogP contribution is 2.33. The van der Waals surface area contributed by atoms with Crippen LogP contribution >= 0.6 is 11.3 Å². The third kappa shape index (κ3) is 3.73. The van der Waals surface area contributed by atoms with Crippen molar-refractivity contribution in [2.75, 3.05) is 7.05 Å². The zero-order valence-electron chi connectivity index (χ0n) is 13.0. The Morgan fingerprint density at radius 3 is 2.48 bits per heavy atom. The number of carbonyl (C=O) groups is 2. The first-order valence-electron chi connectivity index (χ1n) is 7.28. The fraction of sp³-hybridized carbons (Fsp3) is 0.571. The van der Waals surface area contributed by atoms with Crippen LogP contribution in [0.25, 0.3) is 0 Å². The summed E-state index contributed by atoms with van der Waals surface area (Å²) < 4.78 is 25.6. The van der Waals surface area contributed by atoms with E-state index >= 15 is 0 Å². The topological polar surface area (TPSA) is 113 Å². The highest BCUT2D eigenvalue weighted by atomic mass is 32.2. The monoisotopic (exact) mass is 360 g/mol. The number of rotatable bonds is 5. The molecular formula is C14H20N2O5S2. The van der Waals surface area contributed by atoms with Crippen molar-refractivity contribution in [3.8, 4) is 0 Å². The van der Waals surface area contributed by atoms with Crippen LogP contribution in [0.2, 0.25) is 0 Å². The molecule has 1 aromatic heterocycles. The van der Waals surface area contributed by atoms with Crippen LogP contribution in [0.15, 0.2) is 16.3 Å². The van der Waals surface area contributed by atoms with Gasteiger partial charge in [0.1, 0.15) is 5.54 Å². The molecule has 0 bridgehead atoms. The number of aliphatic carboxylic acids is 1. The summed E-state index contributed by atoms with van der Waals surface area (Å²) in [6.45, 7) is 2.06. The zero-order chi connectivity index (χ0) is 17.3. The molecule has 7 nitrogen and oxygen atoms in total. The second kappa shape index (κ2) is 6.58. The molecule has 2 rings (SSSR count). The molecule has 1 aromatic rings. The largest absolute Gasteiger partial charge is 0.480 e. The standard InChI is InChI=1S/C14H20N2O5S2/c1-9-3-5-14(6-4-9,13(18)19)16-12(17)11-7-10(8-22-11)23(20,21)15-2/h7-9,15H,3-6H2,1-2H3,(H,16,17)(H,18,19). The van der Waals surface area contributed by atoms with Gasteiger partial charge < -0.3 is 10.4 Å². The molecule has 0 aromatic carbocycles. The van der Waals surface area contributed by atoms with Crippen molar-refractivity contribution in [3.63, 3.8) is 0 Å². The second-order valence-electron chi connectivity index (χ2n) is 5.88. The zero-order valence-corrected chi connectivity index (χ0v) is 14.6. The summed E-state index contributed by atoms with van der Waals surface area (Å²) >= 11 is 0.975. The molecule has 3 N–H and O–H groups in total. The average molecular weight is 360 g/mol. The lowest BCUT2D eigenvalue weighted by atomic mass is 9.77. The number of carboxylic acids is 1. The quantitative estimate of drug-likeness (QED) is 0.735. The van der Waals surface area contributed by atoms with Crippen LogP contribution in [0.3, 0.4) is 0 Å². The van der Waals surface area contributed by atoms with Crippen LogP contribution in [-0.4, -0.2) is 38.0 Å². The van der Waals surface area contributed by atoms with Crippen molar-refractivity contribution in [2.24, 2.45) is 5.92 Å². The van der Waals surface area contributed by atoms with Gasteiger partial charge in [0.2, 0.25) is 10.0 Å². The van der Waals surface area contributed by atoms with Crippen LogP contribution in [0.4, 0.5) is 0 Å². The Labute approximate surface area is 139 Å². The van der Waals surface area contributed by atoms with Crippen molar-refractivity contribution < 1.29 is 23.1 Å². The maximum atomic E-state index is 12.4. The third-order valence-corrected chi connectivity index (χ3v) is 6.74. The van der Waals surface area contributed by atoms with E-state index in [4.69, 9.17) is 0 Å². The smallest absolute Gasteiger partial charge is 0.329 e. The molecule has 0 aliphatic heterocycles. The molecule has 1 fully saturated rings. The lowest BCUT2D eigenvalue weighted by molar-refractivity contribution is -0.146. The van der Waals surface area contributed by atoms with Gasteiger partial charge in [0.15, 0.2) is 0 Å². The van der Waals surface area contributed by atoms with Crippen molar-refractivity contribution in [3.05, 3.63) is 16.3 Å². The van der Waals surface area contributed by atoms with E-state index in [-0.39, 0.29) is 9.77 Å². The Hall–Kier alpha value is -1.45. The molecule has 1 aliphatic rings. The Bertz CT molecular complexity index is 703. The number of amides is 1. The summed E-state index contributed by atoms with van der Waals surface area (Å²) in [6, 6.07) is 1.26. The minimum atomic E-state index is -3.62. The Kier molecular flexibility index (Phi) is 5.12. The second-order valence-corrected chi connectivity index (χ2v) is 8.68. The van der Waals surface area contributed by atoms with Gasteiger partial charge in [-0.05, 0) is 44.7 Å². The van der Waals surface area contributed by atoms with Gasteiger partial charge >= 0.3 is 5.97 Å². The van der Waals surface area contributed by atoms with Crippen molar-refractivity contribution in [1.29, 1.82) is 0 Å². The van der Waals surface area contributed by atoms with Crippen LogP contribution in [-0.2, 0) is 14.8 Å². The van der Waals surface area contributed by atoms with E-state index in [9.17, 15) is 23.1 Å². The molecule has 0 saturated heterocycles. The molecule has 1 heterocycles. The first kappa shape index (κ1) is 17.9. The van der Waals surface area contributed by atoms with Crippen LogP contribution < -0.4 is 10.0 Å². The van der Waals surface area contributed by atoms with Gasteiger partial charge in [0.25, 0.3) is 5.91 Å². The Morgan fingerprint density at radius 1 is 1.35 bits per heavy atom. The Balaban J connectivity index is 2.19. The third-order valence-electron chi connectivity index (χ3n) is 4.27. The lowest BCUT2D eigenvalue weighted by Crippen LogP contribution is -2.56. The molecule has 9 heteroatoms. The van der Waals surface area contributed by atoms with Gasteiger partial charge in [0, 0.05) is 5.38 Å². The maximum Gasteiger partial charge on any atom is 0.329 e. The fourth-order valence-corrected chi connectivity index (χ4v) is 4.52. The molecule has 0 atom stereocenters. The molecule has 128 valence electrons. The van der Waals surface area contributed by atoms with Crippen molar-refractivity contribution >= 4 is 33.2 Å². The Morgan fingerprint density at radius 2 is 1.96 bits per heavy atom. The summed E-state index contributed by atoms with van der Waals surface area (Å²) in [5.74, 6) is -1.16. The van der Waals surface area contributed by atoms with E-state index in [1.807, 2.05) is 0 Å². The minimum Gasteiger partial charge on any atom is -0.480 e. The molecule has 23 heavy (non-hydrogen) atoms.